The lowest BCUT2D eigenvalue weighted by molar-refractivity contribution is -0.121. The number of nitrogens with one attached hydrogen (secondary N) is 1. The number of rotatable bonds is 7. The smallest absolute Gasteiger partial charge is 0.220 e. The Morgan fingerprint density at radius 1 is 1.24 bits per heavy atom. The summed E-state index contributed by atoms with van der Waals surface area (Å²) in [5.41, 5.74) is 1.02. The molecule has 3 aromatic rings. The van der Waals surface area contributed by atoms with Crippen molar-refractivity contribution < 1.29 is 13.9 Å². The van der Waals surface area contributed by atoms with Gasteiger partial charge in [0.05, 0.1) is 0 Å². The van der Waals surface area contributed by atoms with Gasteiger partial charge in [0.15, 0.2) is 5.13 Å². The number of hydrogen-bond donors (Lipinski definition) is 1. The third-order valence-corrected chi connectivity index (χ3v) is 5.66. The molecular formula is C22H22FN3O2S. The molecule has 0 unspecified atom stereocenters. The van der Waals surface area contributed by atoms with Gasteiger partial charge < -0.3 is 15.0 Å². The number of halogens is 1. The van der Waals surface area contributed by atoms with Crippen LogP contribution in [0.15, 0.2) is 60.1 Å². The molecule has 1 atom stereocenters. The molecule has 1 saturated heterocycles. The SMILES string of the molecule is O=C(CCc1cccc(Oc2ccc(F)cc2)c1)N[C@@H]1CCN(c2nccs2)C1. The largest absolute Gasteiger partial charge is 0.457 e. The fraction of sp³-hybridized carbons (Fsp3) is 0.273. The number of carbonyl (C=O) groups excluding carboxylic acids is 1. The molecule has 1 aromatic heterocycles. The Balaban J connectivity index is 1.25. The zero-order valence-corrected chi connectivity index (χ0v) is 16.7. The van der Waals surface area contributed by atoms with Gasteiger partial charge >= 0.3 is 0 Å². The predicted octanol–water partition coefficient (Wildman–Crippen LogP) is 4.40. The summed E-state index contributed by atoms with van der Waals surface area (Å²) in [5, 5.41) is 6.11. The molecule has 0 aliphatic carbocycles. The second kappa shape index (κ2) is 9.05. The van der Waals surface area contributed by atoms with Crippen molar-refractivity contribution in [1.29, 1.82) is 0 Å². The van der Waals surface area contributed by atoms with E-state index >= 15 is 0 Å². The fourth-order valence-electron chi connectivity index (χ4n) is 3.38. The highest BCUT2D eigenvalue weighted by atomic mass is 32.1. The van der Waals surface area contributed by atoms with Gasteiger partial charge in [0.2, 0.25) is 5.91 Å². The van der Waals surface area contributed by atoms with Crippen LogP contribution in [0, 0.1) is 5.82 Å². The van der Waals surface area contributed by atoms with Crippen molar-refractivity contribution in [2.45, 2.75) is 25.3 Å². The third kappa shape index (κ3) is 5.32. The number of aromatic nitrogens is 1. The number of benzene rings is 2. The van der Waals surface area contributed by atoms with E-state index in [9.17, 15) is 9.18 Å². The minimum atomic E-state index is -0.297. The van der Waals surface area contributed by atoms with Crippen LogP contribution in [0.1, 0.15) is 18.4 Å². The van der Waals surface area contributed by atoms with E-state index in [1.54, 1.807) is 29.7 Å². The van der Waals surface area contributed by atoms with Gasteiger partial charge in [-0.2, -0.15) is 0 Å². The van der Waals surface area contributed by atoms with Crippen LogP contribution in [-0.4, -0.2) is 30.0 Å². The van der Waals surface area contributed by atoms with Gasteiger partial charge in [-0.25, -0.2) is 9.37 Å². The maximum Gasteiger partial charge on any atom is 0.220 e. The molecule has 1 aliphatic rings. The highest BCUT2D eigenvalue weighted by molar-refractivity contribution is 7.13. The Bertz CT molecular complexity index is 947. The van der Waals surface area contributed by atoms with Crippen LogP contribution >= 0.6 is 11.3 Å². The number of carbonyl (C=O) groups is 1. The first-order valence-electron chi connectivity index (χ1n) is 9.62. The molecule has 0 spiro atoms. The maximum absolute atomic E-state index is 13.0. The van der Waals surface area contributed by atoms with E-state index < -0.39 is 0 Å². The zero-order valence-electron chi connectivity index (χ0n) is 15.9. The Hall–Kier alpha value is -2.93. The maximum atomic E-state index is 13.0. The van der Waals surface area contributed by atoms with Crippen LogP contribution < -0.4 is 15.0 Å². The van der Waals surface area contributed by atoms with Crippen molar-refractivity contribution >= 4 is 22.4 Å². The summed E-state index contributed by atoms with van der Waals surface area (Å²) in [7, 11) is 0. The summed E-state index contributed by atoms with van der Waals surface area (Å²) in [6.07, 6.45) is 3.80. The predicted molar refractivity (Wildman–Crippen MR) is 112 cm³/mol. The molecule has 1 aliphatic heterocycles. The number of amides is 1. The van der Waals surface area contributed by atoms with Crippen molar-refractivity contribution in [2.75, 3.05) is 18.0 Å². The second-order valence-electron chi connectivity index (χ2n) is 7.02. The van der Waals surface area contributed by atoms with E-state index in [0.717, 1.165) is 30.2 Å². The van der Waals surface area contributed by atoms with Crippen molar-refractivity contribution in [3.05, 3.63) is 71.5 Å². The highest BCUT2D eigenvalue weighted by Gasteiger charge is 2.25. The van der Waals surface area contributed by atoms with Gasteiger partial charge in [0.1, 0.15) is 17.3 Å². The van der Waals surface area contributed by atoms with E-state index in [-0.39, 0.29) is 17.8 Å². The van der Waals surface area contributed by atoms with Gasteiger partial charge in [0.25, 0.3) is 0 Å². The molecule has 1 N–H and O–H groups in total. The van der Waals surface area contributed by atoms with Gasteiger partial charge in [-0.1, -0.05) is 12.1 Å². The van der Waals surface area contributed by atoms with Gasteiger partial charge in [-0.3, -0.25) is 4.79 Å². The average Bonchev–Trinajstić information content (AvgIpc) is 3.40. The summed E-state index contributed by atoms with van der Waals surface area (Å²) < 4.78 is 18.8. The third-order valence-electron chi connectivity index (χ3n) is 4.83. The lowest BCUT2D eigenvalue weighted by Gasteiger charge is -2.15. The summed E-state index contributed by atoms with van der Waals surface area (Å²) in [6.45, 7) is 1.72. The quantitative estimate of drug-likeness (QED) is 0.626. The zero-order chi connectivity index (χ0) is 20.1. The van der Waals surface area contributed by atoms with E-state index in [2.05, 4.69) is 15.2 Å². The summed E-state index contributed by atoms with van der Waals surface area (Å²) in [4.78, 5) is 18.9. The molecule has 5 nitrogen and oxygen atoms in total. The number of anilines is 1. The van der Waals surface area contributed by atoms with Crippen LogP contribution in [0.5, 0.6) is 11.5 Å². The fourth-order valence-corrected chi connectivity index (χ4v) is 4.06. The molecule has 0 bridgehead atoms. The normalized spacial score (nSPS) is 16.0. The minimum Gasteiger partial charge on any atom is -0.457 e. The Kier molecular flexibility index (Phi) is 6.05. The van der Waals surface area contributed by atoms with E-state index in [4.69, 9.17) is 4.74 Å². The van der Waals surface area contributed by atoms with Crippen molar-refractivity contribution in [3.63, 3.8) is 0 Å². The topological polar surface area (TPSA) is 54.5 Å². The van der Waals surface area contributed by atoms with Crippen LogP contribution in [0.4, 0.5) is 9.52 Å². The van der Waals surface area contributed by atoms with Crippen LogP contribution in [0.3, 0.4) is 0 Å². The summed E-state index contributed by atoms with van der Waals surface area (Å²) in [6, 6.07) is 13.7. The first-order chi connectivity index (χ1) is 14.2. The van der Waals surface area contributed by atoms with Gasteiger partial charge in [-0.15, -0.1) is 11.3 Å². The number of hydrogen-bond acceptors (Lipinski definition) is 5. The minimum absolute atomic E-state index is 0.0563. The molecular weight excluding hydrogens is 389 g/mol. The summed E-state index contributed by atoms with van der Waals surface area (Å²) >= 11 is 1.62. The van der Waals surface area contributed by atoms with Crippen LogP contribution in [0.25, 0.3) is 0 Å². The lowest BCUT2D eigenvalue weighted by atomic mass is 10.1. The Morgan fingerprint density at radius 3 is 2.90 bits per heavy atom. The molecule has 0 radical (unpaired) electrons. The molecule has 4 rings (SSSR count). The molecule has 1 amide bonds. The van der Waals surface area contributed by atoms with Crippen molar-refractivity contribution in [3.8, 4) is 11.5 Å². The monoisotopic (exact) mass is 411 g/mol. The molecule has 150 valence electrons. The first-order valence-corrected chi connectivity index (χ1v) is 10.5. The van der Waals surface area contributed by atoms with Crippen LogP contribution in [-0.2, 0) is 11.2 Å². The first kappa shape index (κ1) is 19.4. The Morgan fingerprint density at radius 2 is 2.10 bits per heavy atom. The lowest BCUT2D eigenvalue weighted by Crippen LogP contribution is -2.37. The number of ether oxygens (including phenoxy) is 1. The number of thiazole rings is 1. The number of nitrogens with zero attached hydrogens (tertiary/aromatic N) is 2. The van der Waals surface area contributed by atoms with Crippen molar-refractivity contribution in [1.82, 2.24) is 10.3 Å². The molecule has 1 fully saturated rings. The van der Waals surface area contributed by atoms with E-state index in [1.807, 2.05) is 29.6 Å². The molecule has 29 heavy (non-hydrogen) atoms. The molecule has 2 aromatic carbocycles. The van der Waals surface area contributed by atoms with Crippen LogP contribution in [0.2, 0.25) is 0 Å². The molecule has 0 saturated carbocycles. The average molecular weight is 412 g/mol. The standard InChI is InChI=1S/C22H22FN3O2S/c23-17-5-7-19(8-6-17)28-20-3-1-2-16(14-20)4-9-21(27)25-18-10-12-26(15-18)22-24-11-13-29-22/h1-3,5-8,11,13-14,18H,4,9-10,12,15H2,(H,25,27)/t18-/m1/s1. The Labute approximate surface area is 173 Å². The molecule has 7 heteroatoms. The van der Waals surface area contributed by atoms with E-state index in [0.29, 0.717) is 24.3 Å². The van der Waals surface area contributed by atoms with Gasteiger partial charge in [-0.05, 0) is 54.8 Å². The van der Waals surface area contributed by atoms with Crippen molar-refractivity contribution in [2.24, 2.45) is 0 Å². The van der Waals surface area contributed by atoms with E-state index in [1.165, 1.54) is 12.1 Å². The van der Waals surface area contributed by atoms with Gasteiger partial charge in [0, 0.05) is 37.1 Å². The number of aryl methyl sites for hydroxylation is 1. The molecule has 2 heterocycles. The second-order valence-corrected chi connectivity index (χ2v) is 7.89. The highest BCUT2D eigenvalue weighted by Crippen LogP contribution is 2.24. The summed E-state index contributed by atoms with van der Waals surface area (Å²) in [5.74, 6) is 1.01.